The molecule has 2 rings (SSSR count). The summed E-state index contributed by atoms with van der Waals surface area (Å²) in [5, 5.41) is 3.22. The zero-order chi connectivity index (χ0) is 7.68. The summed E-state index contributed by atoms with van der Waals surface area (Å²) in [5.41, 5.74) is 3.34. The fourth-order valence-electron chi connectivity index (χ4n) is 1.43. The summed E-state index contributed by atoms with van der Waals surface area (Å²) in [6, 6.07) is 5.80. The smallest absolute Gasteiger partial charge is 0.115 e. The van der Waals surface area contributed by atoms with Gasteiger partial charge in [0.15, 0.2) is 0 Å². The first-order chi connectivity index (χ1) is 5.40. The van der Waals surface area contributed by atoms with Crippen LogP contribution >= 0.6 is 0 Å². The van der Waals surface area contributed by atoms with Gasteiger partial charge >= 0.3 is 0 Å². The first kappa shape index (κ1) is 6.80. The van der Waals surface area contributed by atoms with Crippen molar-refractivity contribution in [2.75, 3.05) is 0 Å². The highest BCUT2D eigenvalue weighted by Crippen LogP contribution is 2.17. The first-order valence-corrected chi connectivity index (χ1v) is 3.77. The molecule has 11 heavy (non-hydrogen) atoms. The minimum atomic E-state index is -0.354. The molecule has 1 N–H and O–H groups in total. The van der Waals surface area contributed by atoms with E-state index in [0.29, 0.717) is 0 Å². The van der Waals surface area contributed by atoms with Crippen molar-refractivity contribution in [1.29, 1.82) is 0 Å². The Balaban J connectivity index is 2.41. The largest absolute Gasteiger partial charge is 0.309 e. The van der Waals surface area contributed by atoms with Gasteiger partial charge in [0.2, 0.25) is 0 Å². The number of benzene rings is 1. The topological polar surface area (TPSA) is 12.0 Å². The Morgan fingerprint density at radius 3 is 2.91 bits per heavy atom. The molecule has 0 aromatic heterocycles. The van der Waals surface area contributed by atoms with Crippen LogP contribution in [0.5, 0.6) is 0 Å². The molecular formula is C9H10FN. The van der Waals surface area contributed by atoms with Gasteiger partial charge in [-0.1, -0.05) is 18.2 Å². The Hall–Kier alpha value is -0.890. The van der Waals surface area contributed by atoms with Crippen molar-refractivity contribution < 1.29 is 4.39 Å². The van der Waals surface area contributed by atoms with Gasteiger partial charge in [0.1, 0.15) is 6.67 Å². The molecule has 0 radical (unpaired) electrons. The quantitative estimate of drug-likeness (QED) is 0.644. The molecule has 0 bridgehead atoms. The third-order valence-electron chi connectivity index (χ3n) is 2.06. The van der Waals surface area contributed by atoms with E-state index in [1.807, 2.05) is 18.2 Å². The van der Waals surface area contributed by atoms with Gasteiger partial charge in [-0.25, -0.2) is 4.39 Å². The van der Waals surface area contributed by atoms with Gasteiger partial charge in [-0.3, -0.25) is 0 Å². The van der Waals surface area contributed by atoms with Crippen LogP contribution in [0.25, 0.3) is 0 Å². The average Bonchev–Trinajstić information content (AvgIpc) is 2.50. The molecule has 0 atom stereocenters. The standard InChI is InChI=1S/C9H10FN/c10-4-7-1-2-8-5-11-6-9(8)3-7/h1-3,11H,4-6H2. The maximum atomic E-state index is 12.2. The highest BCUT2D eigenvalue weighted by Gasteiger charge is 2.09. The average molecular weight is 151 g/mol. The summed E-state index contributed by atoms with van der Waals surface area (Å²) in [6.07, 6.45) is 0. The summed E-state index contributed by atoms with van der Waals surface area (Å²) in [6.45, 7) is 1.47. The first-order valence-electron chi connectivity index (χ1n) is 3.77. The van der Waals surface area contributed by atoms with Gasteiger partial charge in [-0.05, 0) is 16.7 Å². The summed E-state index contributed by atoms with van der Waals surface area (Å²) in [4.78, 5) is 0. The molecule has 2 heteroatoms. The zero-order valence-corrected chi connectivity index (χ0v) is 6.23. The van der Waals surface area contributed by atoms with Crippen LogP contribution < -0.4 is 5.32 Å². The number of fused-ring (bicyclic) bond motifs is 1. The molecule has 0 saturated heterocycles. The van der Waals surface area contributed by atoms with Gasteiger partial charge in [-0.2, -0.15) is 0 Å². The third-order valence-corrected chi connectivity index (χ3v) is 2.06. The van der Waals surface area contributed by atoms with Crippen LogP contribution in [0.1, 0.15) is 16.7 Å². The van der Waals surface area contributed by atoms with Crippen molar-refractivity contribution in [1.82, 2.24) is 5.32 Å². The lowest BCUT2D eigenvalue weighted by Gasteiger charge is -1.98. The van der Waals surface area contributed by atoms with Crippen LogP contribution in [0.3, 0.4) is 0 Å². The maximum Gasteiger partial charge on any atom is 0.115 e. The minimum absolute atomic E-state index is 0.354. The van der Waals surface area contributed by atoms with Crippen molar-refractivity contribution in [2.24, 2.45) is 0 Å². The van der Waals surface area contributed by atoms with E-state index >= 15 is 0 Å². The van der Waals surface area contributed by atoms with E-state index in [-0.39, 0.29) is 6.67 Å². The minimum Gasteiger partial charge on any atom is -0.309 e. The van der Waals surface area contributed by atoms with Gasteiger partial charge < -0.3 is 5.32 Å². The van der Waals surface area contributed by atoms with Crippen molar-refractivity contribution >= 4 is 0 Å². The second kappa shape index (κ2) is 2.62. The Labute approximate surface area is 65.2 Å². The molecule has 1 nitrogen and oxygen atoms in total. The fraction of sp³-hybridized carbons (Fsp3) is 0.333. The molecule has 0 fully saturated rings. The summed E-state index contributed by atoms with van der Waals surface area (Å²) in [7, 11) is 0. The lowest BCUT2D eigenvalue weighted by Crippen LogP contribution is -1.99. The zero-order valence-electron chi connectivity index (χ0n) is 6.23. The normalized spacial score (nSPS) is 15.0. The van der Waals surface area contributed by atoms with E-state index in [2.05, 4.69) is 5.32 Å². The predicted octanol–water partition coefficient (Wildman–Crippen LogP) is 1.76. The summed E-state index contributed by atoms with van der Waals surface area (Å²) in [5.74, 6) is 0. The molecule has 1 aliphatic heterocycles. The highest BCUT2D eigenvalue weighted by atomic mass is 19.1. The highest BCUT2D eigenvalue weighted by molar-refractivity contribution is 5.34. The van der Waals surface area contributed by atoms with Crippen LogP contribution in [0.2, 0.25) is 0 Å². The van der Waals surface area contributed by atoms with Crippen LogP contribution in [-0.4, -0.2) is 0 Å². The molecule has 0 saturated carbocycles. The van der Waals surface area contributed by atoms with Crippen molar-refractivity contribution in [3.05, 3.63) is 34.9 Å². The van der Waals surface area contributed by atoms with Gasteiger partial charge in [0, 0.05) is 13.1 Å². The molecule has 0 aliphatic carbocycles. The molecule has 1 aromatic rings. The van der Waals surface area contributed by atoms with E-state index in [1.165, 1.54) is 11.1 Å². The van der Waals surface area contributed by atoms with Crippen molar-refractivity contribution in [2.45, 2.75) is 19.8 Å². The molecule has 1 heterocycles. The van der Waals surface area contributed by atoms with Gasteiger partial charge in [0.05, 0.1) is 0 Å². The monoisotopic (exact) mass is 151 g/mol. The van der Waals surface area contributed by atoms with E-state index in [0.717, 1.165) is 18.7 Å². The van der Waals surface area contributed by atoms with E-state index in [1.54, 1.807) is 0 Å². The molecule has 0 amide bonds. The van der Waals surface area contributed by atoms with Crippen LogP contribution in [0.4, 0.5) is 4.39 Å². The Bertz CT molecular complexity index is 270. The Morgan fingerprint density at radius 2 is 2.09 bits per heavy atom. The summed E-state index contributed by atoms with van der Waals surface area (Å²) >= 11 is 0. The Kier molecular flexibility index (Phi) is 1.62. The lowest BCUT2D eigenvalue weighted by atomic mass is 10.1. The molecule has 0 spiro atoms. The van der Waals surface area contributed by atoms with E-state index in [9.17, 15) is 4.39 Å². The molecule has 1 aromatic carbocycles. The molecule has 58 valence electrons. The van der Waals surface area contributed by atoms with Crippen LogP contribution in [0, 0.1) is 0 Å². The maximum absolute atomic E-state index is 12.2. The number of hydrogen-bond donors (Lipinski definition) is 1. The van der Waals surface area contributed by atoms with Crippen LogP contribution in [-0.2, 0) is 19.8 Å². The SMILES string of the molecule is FCc1ccc2c(c1)CNC2. The predicted molar refractivity (Wildman–Crippen MR) is 41.8 cm³/mol. The third kappa shape index (κ3) is 1.14. The number of hydrogen-bond acceptors (Lipinski definition) is 1. The Morgan fingerprint density at radius 1 is 1.27 bits per heavy atom. The summed E-state index contributed by atoms with van der Waals surface area (Å²) < 4.78 is 12.2. The number of rotatable bonds is 1. The van der Waals surface area contributed by atoms with Crippen LogP contribution in [0.15, 0.2) is 18.2 Å². The fourth-order valence-corrected chi connectivity index (χ4v) is 1.43. The molecule has 0 unspecified atom stereocenters. The van der Waals surface area contributed by atoms with Crippen molar-refractivity contribution in [3.8, 4) is 0 Å². The van der Waals surface area contributed by atoms with E-state index < -0.39 is 0 Å². The second-order valence-electron chi connectivity index (χ2n) is 2.84. The lowest BCUT2D eigenvalue weighted by molar-refractivity contribution is 0.485. The van der Waals surface area contributed by atoms with Gasteiger partial charge in [-0.15, -0.1) is 0 Å². The number of nitrogens with one attached hydrogen (secondary N) is 1. The number of alkyl halides is 1. The molecular weight excluding hydrogens is 141 g/mol. The molecule has 1 aliphatic rings. The second-order valence-corrected chi connectivity index (χ2v) is 2.84. The number of halogens is 1. The van der Waals surface area contributed by atoms with Crippen molar-refractivity contribution in [3.63, 3.8) is 0 Å². The van der Waals surface area contributed by atoms with E-state index in [4.69, 9.17) is 0 Å². The van der Waals surface area contributed by atoms with Gasteiger partial charge in [0.25, 0.3) is 0 Å².